The van der Waals surface area contributed by atoms with Crippen LogP contribution in [-0.4, -0.2) is 5.60 Å². The van der Waals surface area contributed by atoms with Gasteiger partial charge in [0.05, 0.1) is 5.02 Å². The van der Waals surface area contributed by atoms with Gasteiger partial charge < -0.3 is 10.5 Å². The number of hydrogen-bond donors (Lipinski definition) is 1. The molecule has 0 aromatic heterocycles. The second-order valence-corrected chi connectivity index (χ2v) is 5.24. The minimum atomic E-state index is -0.231. The second-order valence-electron chi connectivity index (χ2n) is 4.84. The molecule has 3 heteroatoms. The molecule has 0 radical (unpaired) electrons. The maximum Gasteiger partial charge on any atom is 0.143 e. The van der Waals surface area contributed by atoms with Gasteiger partial charge in [0.1, 0.15) is 11.4 Å². The molecule has 0 aliphatic carbocycles. The van der Waals surface area contributed by atoms with E-state index in [2.05, 4.69) is 6.07 Å². The van der Waals surface area contributed by atoms with E-state index in [-0.39, 0.29) is 11.6 Å². The van der Waals surface area contributed by atoms with Crippen LogP contribution in [0.1, 0.15) is 37.4 Å². The van der Waals surface area contributed by atoms with E-state index in [0.717, 1.165) is 23.3 Å². The lowest BCUT2D eigenvalue weighted by Gasteiger charge is -2.36. The Morgan fingerprint density at radius 2 is 2.13 bits per heavy atom. The van der Waals surface area contributed by atoms with Gasteiger partial charge in [0.25, 0.3) is 0 Å². The van der Waals surface area contributed by atoms with Crippen LogP contribution in [0.5, 0.6) is 5.75 Å². The zero-order valence-electron chi connectivity index (χ0n) is 9.30. The molecule has 1 unspecified atom stereocenters. The van der Waals surface area contributed by atoms with Crippen molar-refractivity contribution in [3.05, 3.63) is 28.3 Å². The molecule has 1 aliphatic heterocycles. The third-order valence-corrected chi connectivity index (χ3v) is 2.99. The van der Waals surface area contributed by atoms with Crippen molar-refractivity contribution in [2.24, 2.45) is 5.73 Å². The zero-order valence-corrected chi connectivity index (χ0v) is 10.1. The Kier molecular flexibility index (Phi) is 2.44. The van der Waals surface area contributed by atoms with Crippen LogP contribution in [0.2, 0.25) is 5.02 Å². The molecule has 1 aliphatic rings. The number of hydrogen-bond acceptors (Lipinski definition) is 2. The Hall–Kier alpha value is -0.730. The van der Waals surface area contributed by atoms with E-state index in [1.165, 1.54) is 0 Å². The highest BCUT2D eigenvalue weighted by Gasteiger charge is 2.33. The molecule has 15 heavy (non-hydrogen) atoms. The number of halogens is 1. The van der Waals surface area contributed by atoms with Crippen LogP contribution in [-0.2, 0) is 0 Å². The van der Waals surface area contributed by atoms with Gasteiger partial charge in [-0.3, -0.25) is 0 Å². The summed E-state index contributed by atoms with van der Waals surface area (Å²) in [6, 6.07) is 3.98. The van der Waals surface area contributed by atoms with Crippen LogP contribution in [0.15, 0.2) is 12.1 Å². The largest absolute Gasteiger partial charge is 0.486 e. The molecular formula is C12H16ClNO. The van der Waals surface area contributed by atoms with E-state index in [0.29, 0.717) is 5.02 Å². The first-order chi connectivity index (χ1) is 6.89. The number of rotatable bonds is 0. The lowest BCUT2D eigenvalue weighted by Crippen LogP contribution is -2.37. The van der Waals surface area contributed by atoms with Gasteiger partial charge in [0.15, 0.2) is 0 Å². The fraction of sp³-hybridized carbons (Fsp3) is 0.500. The Labute approximate surface area is 95.4 Å². The summed E-state index contributed by atoms with van der Waals surface area (Å²) >= 11 is 6.16. The van der Waals surface area contributed by atoms with Gasteiger partial charge in [-0.1, -0.05) is 17.7 Å². The summed E-state index contributed by atoms with van der Waals surface area (Å²) in [7, 11) is 0. The number of nitrogens with two attached hydrogens (primary N) is 1. The van der Waals surface area contributed by atoms with Crippen molar-refractivity contribution >= 4 is 11.6 Å². The van der Waals surface area contributed by atoms with Gasteiger partial charge in [0, 0.05) is 18.0 Å². The predicted molar refractivity (Wildman–Crippen MR) is 62.4 cm³/mol. The van der Waals surface area contributed by atoms with Gasteiger partial charge in [-0.25, -0.2) is 0 Å². The predicted octanol–water partition coefficient (Wildman–Crippen LogP) is 3.21. The molecule has 2 rings (SSSR count). The van der Waals surface area contributed by atoms with Crippen LogP contribution in [0, 0.1) is 6.92 Å². The van der Waals surface area contributed by atoms with Gasteiger partial charge in [-0.15, -0.1) is 0 Å². The first-order valence-electron chi connectivity index (χ1n) is 5.14. The Morgan fingerprint density at radius 3 is 2.80 bits per heavy atom. The zero-order chi connectivity index (χ0) is 11.2. The molecule has 0 saturated carbocycles. The number of fused-ring (bicyclic) bond motifs is 1. The van der Waals surface area contributed by atoms with Gasteiger partial charge in [0.2, 0.25) is 0 Å². The molecule has 1 aromatic carbocycles. The molecule has 0 spiro atoms. The second kappa shape index (κ2) is 3.39. The lowest BCUT2D eigenvalue weighted by molar-refractivity contribution is 0.0729. The van der Waals surface area contributed by atoms with E-state index >= 15 is 0 Å². The van der Waals surface area contributed by atoms with Crippen molar-refractivity contribution in [3.8, 4) is 5.75 Å². The Balaban J connectivity index is 2.55. The highest BCUT2D eigenvalue weighted by molar-refractivity contribution is 6.32. The molecule has 0 saturated heterocycles. The van der Waals surface area contributed by atoms with Crippen LogP contribution in [0.3, 0.4) is 0 Å². The van der Waals surface area contributed by atoms with Crippen molar-refractivity contribution in [1.29, 1.82) is 0 Å². The maximum atomic E-state index is 6.16. The smallest absolute Gasteiger partial charge is 0.143 e. The first-order valence-corrected chi connectivity index (χ1v) is 5.51. The molecular weight excluding hydrogens is 210 g/mol. The molecule has 82 valence electrons. The van der Waals surface area contributed by atoms with Crippen LogP contribution in [0.25, 0.3) is 0 Å². The minimum Gasteiger partial charge on any atom is -0.486 e. The molecule has 0 bridgehead atoms. The molecule has 2 nitrogen and oxygen atoms in total. The summed E-state index contributed by atoms with van der Waals surface area (Å²) in [4.78, 5) is 0. The summed E-state index contributed by atoms with van der Waals surface area (Å²) in [5, 5.41) is 0.660. The third-order valence-electron chi connectivity index (χ3n) is 2.71. The van der Waals surface area contributed by atoms with Gasteiger partial charge >= 0.3 is 0 Å². The molecule has 0 amide bonds. The topological polar surface area (TPSA) is 35.2 Å². The number of ether oxygens (including phenoxy) is 1. The standard InChI is InChI=1S/C12H16ClNO/c1-7-4-8-10(14)6-12(2,3)15-11(8)9(13)5-7/h4-5,10H,6,14H2,1-3H3. The van der Waals surface area contributed by atoms with Gasteiger partial charge in [-0.2, -0.15) is 0 Å². The SMILES string of the molecule is Cc1cc(Cl)c2c(c1)C(N)CC(C)(C)O2. The number of benzene rings is 1. The van der Waals surface area contributed by atoms with Crippen molar-refractivity contribution in [1.82, 2.24) is 0 Å². The average Bonchev–Trinajstić information content (AvgIpc) is 2.06. The monoisotopic (exact) mass is 225 g/mol. The average molecular weight is 226 g/mol. The summed E-state index contributed by atoms with van der Waals surface area (Å²) < 4.78 is 5.86. The Bertz CT molecular complexity index is 401. The fourth-order valence-corrected chi connectivity index (χ4v) is 2.42. The highest BCUT2D eigenvalue weighted by Crippen LogP contribution is 2.42. The molecule has 1 aromatic rings. The van der Waals surface area contributed by atoms with E-state index in [4.69, 9.17) is 22.1 Å². The van der Waals surface area contributed by atoms with Crippen molar-refractivity contribution < 1.29 is 4.74 Å². The quantitative estimate of drug-likeness (QED) is 0.736. The van der Waals surface area contributed by atoms with Crippen LogP contribution >= 0.6 is 11.6 Å². The normalized spacial score (nSPS) is 23.1. The minimum absolute atomic E-state index is 0.0150. The highest BCUT2D eigenvalue weighted by atomic mass is 35.5. The summed E-state index contributed by atoms with van der Waals surface area (Å²) in [5.41, 5.74) is 8.04. The van der Waals surface area contributed by atoms with Crippen LogP contribution in [0.4, 0.5) is 0 Å². The summed E-state index contributed by atoms with van der Waals surface area (Å²) in [6.45, 7) is 6.08. The molecule has 1 atom stereocenters. The van der Waals surface area contributed by atoms with E-state index < -0.39 is 0 Å². The summed E-state index contributed by atoms with van der Waals surface area (Å²) in [5.74, 6) is 0.756. The van der Waals surface area contributed by atoms with Crippen LogP contribution < -0.4 is 10.5 Å². The first kappa shape index (κ1) is 10.8. The summed E-state index contributed by atoms with van der Waals surface area (Å²) in [6.07, 6.45) is 0.819. The van der Waals surface area contributed by atoms with E-state index in [9.17, 15) is 0 Å². The number of aryl methyl sites for hydroxylation is 1. The Morgan fingerprint density at radius 1 is 1.47 bits per heavy atom. The molecule has 0 fully saturated rings. The molecule has 1 heterocycles. The van der Waals surface area contributed by atoms with Gasteiger partial charge in [-0.05, 0) is 32.4 Å². The third kappa shape index (κ3) is 1.97. The van der Waals surface area contributed by atoms with Crippen molar-refractivity contribution in [3.63, 3.8) is 0 Å². The lowest BCUT2D eigenvalue weighted by atomic mass is 9.89. The maximum absolute atomic E-state index is 6.16. The van der Waals surface area contributed by atoms with E-state index in [1.807, 2.05) is 26.8 Å². The van der Waals surface area contributed by atoms with E-state index in [1.54, 1.807) is 0 Å². The van der Waals surface area contributed by atoms with Crippen molar-refractivity contribution in [2.75, 3.05) is 0 Å². The molecule has 2 N–H and O–H groups in total. The van der Waals surface area contributed by atoms with Crippen molar-refractivity contribution in [2.45, 2.75) is 38.8 Å². The fourth-order valence-electron chi connectivity index (χ4n) is 2.10.